The van der Waals surface area contributed by atoms with Gasteiger partial charge in [-0.05, 0) is 98.3 Å². The Labute approximate surface area is 291 Å². The minimum absolute atomic E-state index is 0.0116. The van der Waals surface area contributed by atoms with Crippen molar-refractivity contribution in [2.45, 2.75) is 122 Å². The van der Waals surface area contributed by atoms with E-state index in [-0.39, 0.29) is 49.0 Å². The number of anilines is 2. The topological polar surface area (TPSA) is 127 Å². The summed E-state index contributed by atoms with van der Waals surface area (Å²) in [5.41, 5.74) is -0.484. The molecule has 12 heteroatoms. The van der Waals surface area contributed by atoms with E-state index < -0.39 is 29.1 Å². The molecule has 4 aliphatic rings. The molecule has 1 N–H and O–H groups in total. The minimum atomic E-state index is -1.03. The molecule has 1 saturated heterocycles. The van der Waals surface area contributed by atoms with Gasteiger partial charge in [0.15, 0.2) is 5.60 Å². The summed E-state index contributed by atoms with van der Waals surface area (Å²) in [6.45, 7) is 12.7. The standard InChI is InChI=1S/C37H56N4O8/c1-8-47-30-13-10-9-12-28(30)38-32(42)24-20-25(23-39(22-24)35(45)49-36(2,3)4)33(43)41(26-14-15-26)27-16-17-31-29(21-27)40(18-11-19-46-7)34(44)37(5,6)48-31/h16-17,21,24-26,28,30H,8-15,18-20,22-23H2,1-7H3,(H,38,42)/t24-,25+,28+,30+/m0/s1. The van der Waals surface area contributed by atoms with Gasteiger partial charge in [0.2, 0.25) is 11.8 Å². The molecule has 2 heterocycles. The number of carbonyl (C=O) groups is 4. The van der Waals surface area contributed by atoms with Gasteiger partial charge in [-0.2, -0.15) is 0 Å². The van der Waals surface area contributed by atoms with E-state index in [2.05, 4.69) is 5.32 Å². The molecule has 0 unspecified atom stereocenters. The van der Waals surface area contributed by atoms with Crippen LogP contribution in [-0.4, -0.2) is 98.1 Å². The molecule has 272 valence electrons. The smallest absolute Gasteiger partial charge is 0.410 e. The van der Waals surface area contributed by atoms with Crippen molar-refractivity contribution in [1.82, 2.24) is 10.2 Å². The Morgan fingerprint density at radius 1 is 1.06 bits per heavy atom. The molecule has 12 nitrogen and oxygen atoms in total. The fourth-order valence-corrected chi connectivity index (χ4v) is 7.26. The largest absolute Gasteiger partial charge is 0.476 e. The van der Waals surface area contributed by atoms with Crippen molar-refractivity contribution in [3.05, 3.63) is 18.2 Å². The number of hydrogen-bond acceptors (Lipinski definition) is 8. The molecular formula is C37H56N4O8. The van der Waals surface area contributed by atoms with E-state index in [1.54, 1.807) is 46.6 Å². The summed E-state index contributed by atoms with van der Waals surface area (Å²) in [5, 5.41) is 3.23. The van der Waals surface area contributed by atoms with E-state index in [9.17, 15) is 19.2 Å². The van der Waals surface area contributed by atoms with Gasteiger partial charge in [-0.25, -0.2) is 4.79 Å². The molecule has 4 atom stereocenters. The van der Waals surface area contributed by atoms with Gasteiger partial charge >= 0.3 is 6.09 Å². The van der Waals surface area contributed by atoms with Crippen molar-refractivity contribution in [1.29, 1.82) is 0 Å². The second kappa shape index (κ2) is 15.2. The van der Waals surface area contributed by atoms with Gasteiger partial charge in [-0.1, -0.05) is 12.8 Å². The summed E-state index contributed by atoms with van der Waals surface area (Å²) in [7, 11) is 1.63. The number of benzene rings is 1. The third-order valence-electron chi connectivity index (χ3n) is 9.75. The molecule has 1 aromatic rings. The molecule has 2 saturated carbocycles. The summed E-state index contributed by atoms with van der Waals surface area (Å²) in [4.78, 5) is 60.5. The summed E-state index contributed by atoms with van der Waals surface area (Å²) >= 11 is 0. The monoisotopic (exact) mass is 684 g/mol. The van der Waals surface area contributed by atoms with Crippen molar-refractivity contribution in [3.63, 3.8) is 0 Å². The highest BCUT2D eigenvalue weighted by Gasteiger charge is 2.45. The third-order valence-corrected chi connectivity index (χ3v) is 9.75. The molecular weight excluding hydrogens is 628 g/mol. The van der Waals surface area contributed by atoms with Crippen LogP contribution in [0.5, 0.6) is 5.75 Å². The highest BCUT2D eigenvalue weighted by Crippen LogP contribution is 2.43. The number of nitrogens with zero attached hydrogens (tertiary/aromatic N) is 3. The Hall–Kier alpha value is -3.38. The number of piperidine rings is 1. The molecule has 49 heavy (non-hydrogen) atoms. The van der Waals surface area contributed by atoms with Gasteiger partial charge in [0.1, 0.15) is 11.4 Å². The summed E-state index contributed by atoms with van der Waals surface area (Å²) in [6, 6.07) is 5.44. The van der Waals surface area contributed by atoms with Crippen LogP contribution in [0.4, 0.5) is 16.2 Å². The number of nitrogens with one attached hydrogen (secondary N) is 1. The molecule has 0 spiro atoms. The van der Waals surface area contributed by atoms with E-state index in [1.165, 1.54) is 4.90 Å². The van der Waals surface area contributed by atoms with Crippen LogP contribution in [0.25, 0.3) is 0 Å². The van der Waals surface area contributed by atoms with Crippen molar-refractivity contribution in [2.24, 2.45) is 11.8 Å². The third kappa shape index (κ3) is 8.86. The lowest BCUT2D eigenvalue weighted by Gasteiger charge is -2.41. The predicted octanol–water partition coefficient (Wildman–Crippen LogP) is 5.06. The van der Waals surface area contributed by atoms with Crippen molar-refractivity contribution in [2.75, 3.05) is 49.8 Å². The van der Waals surface area contributed by atoms with E-state index in [4.69, 9.17) is 18.9 Å². The van der Waals surface area contributed by atoms with Gasteiger partial charge in [-0.15, -0.1) is 0 Å². The Morgan fingerprint density at radius 2 is 1.78 bits per heavy atom. The molecule has 0 radical (unpaired) electrons. The molecule has 2 aliphatic carbocycles. The van der Waals surface area contributed by atoms with Crippen LogP contribution in [0, 0.1) is 11.8 Å². The maximum Gasteiger partial charge on any atom is 0.410 e. The summed E-state index contributed by atoms with van der Waals surface area (Å²) in [5.74, 6) is -1.11. The second-order valence-corrected chi connectivity index (χ2v) is 15.4. The molecule has 2 aliphatic heterocycles. The number of carbonyl (C=O) groups excluding carboxylic acids is 4. The quantitative estimate of drug-likeness (QED) is 0.321. The molecule has 0 bridgehead atoms. The summed E-state index contributed by atoms with van der Waals surface area (Å²) < 4.78 is 23.1. The molecule has 1 aromatic carbocycles. The fourth-order valence-electron chi connectivity index (χ4n) is 7.26. The zero-order valence-corrected chi connectivity index (χ0v) is 30.4. The Balaban J connectivity index is 1.41. The number of hydrogen-bond donors (Lipinski definition) is 1. The van der Waals surface area contributed by atoms with Crippen LogP contribution < -0.4 is 19.9 Å². The van der Waals surface area contributed by atoms with Crippen molar-refractivity contribution >= 4 is 35.2 Å². The number of likely N-dealkylation sites (tertiary alicyclic amines) is 1. The van der Waals surface area contributed by atoms with E-state index >= 15 is 0 Å². The van der Waals surface area contributed by atoms with Gasteiger partial charge < -0.3 is 39.0 Å². The first-order chi connectivity index (χ1) is 23.2. The molecule has 0 aromatic heterocycles. The number of ether oxygens (including phenoxy) is 4. The molecule has 3 fully saturated rings. The zero-order valence-electron chi connectivity index (χ0n) is 30.4. The first-order valence-corrected chi connectivity index (χ1v) is 18.1. The van der Waals surface area contributed by atoms with Gasteiger partial charge in [0.05, 0.1) is 29.7 Å². The fraction of sp³-hybridized carbons (Fsp3) is 0.730. The maximum absolute atomic E-state index is 14.6. The van der Waals surface area contributed by atoms with Gasteiger partial charge in [-0.3, -0.25) is 14.4 Å². The van der Waals surface area contributed by atoms with Crippen LogP contribution >= 0.6 is 0 Å². The lowest BCUT2D eigenvalue weighted by atomic mass is 9.86. The minimum Gasteiger partial charge on any atom is -0.476 e. The zero-order chi connectivity index (χ0) is 35.5. The van der Waals surface area contributed by atoms with Crippen LogP contribution in [0.1, 0.15) is 92.9 Å². The molecule has 4 amide bonds. The van der Waals surface area contributed by atoms with E-state index in [1.807, 2.05) is 30.0 Å². The Bertz CT molecular complexity index is 1370. The highest BCUT2D eigenvalue weighted by atomic mass is 16.6. The van der Waals surface area contributed by atoms with Crippen LogP contribution in [0.2, 0.25) is 0 Å². The number of rotatable bonds is 11. The second-order valence-electron chi connectivity index (χ2n) is 15.4. The van der Waals surface area contributed by atoms with Crippen LogP contribution in [-0.2, 0) is 28.6 Å². The lowest BCUT2D eigenvalue weighted by molar-refractivity contribution is -0.133. The van der Waals surface area contributed by atoms with Crippen LogP contribution in [0.15, 0.2) is 18.2 Å². The first kappa shape index (κ1) is 36.9. The van der Waals surface area contributed by atoms with Gasteiger partial charge in [0, 0.05) is 51.7 Å². The normalized spacial score (nSPS) is 25.2. The highest BCUT2D eigenvalue weighted by molar-refractivity contribution is 6.04. The first-order valence-electron chi connectivity index (χ1n) is 18.1. The average Bonchev–Trinajstić information content (AvgIpc) is 3.88. The van der Waals surface area contributed by atoms with E-state index in [0.29, 0.717) is 49.7 Å². The Kier molecular flexibility index (Phi) is 11.5. The SMILES string of the molecule is CCO[C@@H]1CCCC[C@H]1NC(=O)[C@H]1C[C@@H](C(=O)N(c2ccc3c(c2)N(CCCOC)C(=O)C(C)(C)O3)C2CC2)CN(C(=O)OC(C)(C)C)C1. The number of fused-ring (bicyclic) bond motifs is 1. The van der Waals surface area contributed by atoms with Gasteiger partial charge in [0.25, 0.3) is 5.91 Å². The van der Waals surface area contributed by atoms with Crippen LogP contribution in [0.3, 0.4) is 0 Å². The van der Waals surface area contributed by atoms with Crippen molar-refractivity contribution in [3.8, 4) is 5.75 Å². The predicted molar refractivity (Wildman–Crippen MR) is 186 cm³/mol. The van der Waals surface area contributed by atoms with Crippen molar-refractivity contribution < 1.29 is 38.1 Å². The Morgan fingerprint density at radius 3 is 2.45 bits per heavy atom. The lowest BCUT2D eigenvalue weighted by Crippen LogP contribution is -2.56. The van der Waals surface area contributed by atoms with E-state index in [0.717, 1.165) is 38.5 Å². The number of methoxy groups -OCH3 is 1. The molecule has 5 rings (SSSR count). The summed E-state index contributed by atoms with van der Waals surface area (Å²) in [6.07, 6.45) is 5.86. The maximum atomic E-state index is 14.6. The average molecular weight is 685 g/mol. The number of amides is 4.